The van der Waals surface area contributed by atoms with Crippen LogP contribution < -0.4 is 16.4 Å². The molecule has 4 heterocycles. The number of ether oxygens (including phenoxy) is 1. The molecular weight excluding hydrogens is 480 g/mol. The van der Waals surface area contributed by atoms with Gasteiger partial charge in [-0.05, 0) is 42.2 Å². The lowest BCUT2D eigenvalue weighted by atomic mass is 9.77. The van der Waals surface area contributed by atoms with Crippen molar-refractivity contribution in [2.24, 2.45) is 10.7 Å². The highest BCUT2D eigenvalue weighted by Crippen LogP contribution is 2.38. The highest BCUT2D eigenvalue weighted by atomic mass is 16.5. The number of aromatic nitrogens is 1. The largest absolute Gasteiger partial charge is 0.387 e. The summed E-state index contributed by atoms with van der Waals surface area (Å²) in [7, 11) is 0. The van der Waals surface area contributed by atoms with Crippen LogP contribution in [0, 0.1) is 0 Å². The number of hydrogen-bond acceptors (Lipinski definition) is 7. The fourth-order valence-corrected chi connectivity index (χ4v) is 5.28. The van der Waals surface area contributed by atoms with Crippen molar-refractivity contribution in [3.05, 3.63) is 58.4 Å². The maximum atomic E-state index is 13.6. The van der Waals surface area contributed by atoms with E-state index in [0.717, 1.165) is 54.7 Å². The van der Waals surface area contributed by atoms with Crippen LogP contribution in [-0.2, 0) is 32.7 Å². The van der Waals surface area contributed by atoms with Crippen molar-refractivity contribution < 1.29 is 14.3 Å². The van der Waals surface area contributed by atoms with Crippen LogP contribution in [0.3, 0.4) is 0 Å². The minimum atomic E-state index is -0.832. The van der Waals surface area contributed by atoms with Gasteiger partial charge in [-0.1, -0.05) is 26.0 Å². The van der Waals surface area contributed by atoms with E-state index >= 15 is 0 Å². The molecule has 9 nitrogen and oxygen atoms in total. The van der Waals surface area contributed by atoms with Gasteiger partial charge in [0.05, 0.1) is 30.8 Å². The Morgan fingerprint density at radius 1 is 1.18 bits per heavy atom. The second-order valence-electron chi connectivity index (χ2n) is 10.3. The van der Waals surface area contributed by atoms with Crippen LogP contribution in [0.4, 0.5) is 11.4 Å². The first kappa shape index (κ1) is 26.1. The van der Waals surface area contributed by atoms with Gasteiger partial charge in [0.25, 0.3) is 0 Å². The molecule has 0 unspecified atom stereocenters. The first-order valence-corrected chi connectivity index (χ1v) is 13.5. The van der Waals surface area contributed by atoms with E-state index < -0.39 is 5.41 Å². The molecule has 3 aliphatic heterocycles. The standard InChI is InChI=1S/C29H36N6O3/c1-3-9-35(10-4-2)27(36)20-11-19-5-6-22(14-25(19)34-26(30)13-20)29(17-38-18-29)28(37)33-23-12-21-15-31-8-7-24(21)32-16-23/h5-6,11-12,14,16,31H,3-4,7-10,13,15,17-18H2,1-2H3,(H2,30,34)(H,33,37). The van der Waals surface area contributed by atoms with Crippen molar-refractivity contribution in [2.45, 2.75) is 51.5 Å². The van der Waals surface area contributed by atoms with E-state index in [2.05, 4.69) is 34.5 Å². The second kappa shape index (κ2) is 11.0. The Labute approximate surface area is 223 Å². The Kier molecular flexibility index (Phi) is 7.58. The minimum absolute atomic E-state index is 0.000812. The van der Waals surface area contributed by atoms with E-state index in [1.165, 1.54) is 0 Å². The molecule has 2 aromatic rings. The lowest BCUT2D eigenvalue weighted by molar-refractivity contribution is -0.139. The summed E-state index contributed by atoms with van der Waals surface area (Å²) in [4.78, 5) is 37.9. The van der Waals surface area contributed by atoms with Gasteiger partial charge in [-0.3, -0.25) is 14.6 Å². The Hall–Kier alpha value is -3.56. The third-order valence-electron chi connectivity index (χ3n) is 7.40. The molecule has 0 aliphatic carbocycles. The molecule has 200 valence electrons. The van der Waals surface area contributed by atoms with E-state index in [0.29, 0.717) is 42.3 Å². The van der Waals surface area contributed by atoms with Crippen LogP contribution in [0.15, 0.2) is 41.0 Å². The number of nitrogens with two attached hydrogens (primary N) is 1. The van der Waals surface area contributed by atoms with Gasteiger partial charge in [0.15, 0.2) is 0 Å². The van der Waals surface area contributed by atoms with Crippen LogP contribution in [0.25, 0.3) is 6.08 Å². The van der Waals surface area contributed by atoms with E-state index in [4.69, 9.17) is 10.5 Å². The molecule has 0 radical (unpaired) electrons. The van der Waals surface area contributed by atoms with E-state index in [1.807, 2.05) is 35.2 Å². The molecule has 2 amide bonds. The number of amidine groups is 1. The Morgan fingerprint density at radius 2 is 1.97 bits per heavy atom. The summed E-state index contributed by atoms with van der Waals surface area (Å²) in [5, 5.41) is 6.40. The summed E-state index contributed by atoms with van der Waals surface area (Å²) in [5.74, 6) is 0.243. The van der Waals surface area contributed by atoms with Gasteiger partial charge in [0, 0.05) is 55.9 Å². The quantitative estimate of drug-likeness (QED) is 0.496. The number of nitrogens with zero attached hydrogens (tertiary/aromatic N) is 3. The lowest BCUT2D eigenvalue weighted by Crippen LogP contribution is -2.55. The number of fused-ring (bicyclic) bond motifs is 2. The van der Waals surface area contributed by atoms with Crippen LogP contribution in [0.2, 0.25) is 0 Å². The second-order valence-corrected chi connectivity index (χ2v) is 10.3. The minimum Gasteiger partial charge on any atom is -0.387 e. The third-order valence-corrected chi connectivity index (χ3v) is 7.40. The molecule has 1 aromatic heterocycles. The molecule has 0 saturated carbocycles. The Bertz CT molecular complexity index is 1290. The molecule has 1 saturated heterocycles. The monoisotopic (exact) mass is 516 g/mol. The predicted molar refractivity (Wildman–Crippen MR) is 148 cm³/mol. The number of hydrogen-bond donors (Lipinski definition) is 3. The van der Waals surface area contributed by atoms with E-state index in [-0.39, 0.29) is 25.0 Å². The number of benzene rings is 1. The molecule has 0 spiro atoms. The van der Waals surface area contributed by atoms with Gasteiger partial charge in [0.1, 0.15) is 11.3 Å². The zero-order valence-electron chi connectivity index (χ0n) is 22.2. The van der Waals surface area contributed by atoms with E-state index in [1.54, 1.807) is 6.20 Å². The summed E-state index contributed by atoms with van der Waals surface area (Å²) >= 11 is 0. The number of aliphatic imine (C=N–C) groups is 1. The molecule has 3 aliphatic rings. The number of carbonyl (C=O) groups is 2. The smallest absolute Gasteiger partial charge is 0.250 e. The van der Waals surface area contributed by atoms with Gasteiger partial charge < -0.3 is 26.0 Å². The van der Waals surface area contributed by atoms with Crippen molar-refractivity contribution in [2.75, 3.05) is 38.2 Å². The van der Waals surface area contributed by atoms with Crippen LogP contribution in [0.1, 0.15) is 55.5 Å². The van der Waals surface area contributed by atoms with Crippen molar-refractivity contribution in [1.82, 2.24) is 15.2 Å². The summed E-state index contributed by atoms with van der Waals surface area (Å²) in [6, 6.07) is 7.75. The number of carbonyl (C=O) groups excluding carboxylic acids is 2. The molecule has 4 N–H and O–H groups in total. The van der Waals surface area contributed by atoms with Crippen LogP contribution in [0.5, 0.6) is 0 Å². The summed E-state index contributed by atoms with van der Waals surface area (Å²) in [6.45, 7) is 7.77. The summed E-state index contributed by atoms with van der Waals surface area (Å²) in [6.07, 6.45) is 6.58. The first-order chi connectivity index (χ1) is 18.4. The predicted octanol–water partition coefficient (Wildman–Crippen LogP) is 3.06. The van der Waals surface area contributed by atoms with Gasteiger partial charge in [-0.2, -0.15) is 0 Å². The highest BCUT2D eigenvalue weighted by Gasteiger charge is 2.48. The molecular formula is C29H36N6O3. The number of pyridine rings is 1. The van der Waals surface area contributed by atoms with Crippen molar-refractivity contribution in [3.63, 3.8) is 0 Å². The van der Waals surface area contributed by atoms with Gasteiger partial charge in [0.2, 0.25) is 11.8 Å². The molecule has 1 aromatic carbocycles. The summed E-state index contributed by atoms with van der Waals surface area (Å²) < 4.78 is 5.54. The third kappa shape index (κ3) is 5.08. The average molecular weight is 517 g/mol. The van der Waals surface area contributed by atoms with Crippen LogP contribution in [-0.4, -0.2) is 60.4 Å². The number of anilines is 1. The molecule has 0 atom stereocenters. The zero-order chi connectivity index (χ0) is 26.7. The first-order valence-electron chi connectivity index (χ1n) is 13.5. The van der Waals surface area contributed by atoms with Crippen molar-refractivity contribution in [3.8, 4) is 0 Å². The van der Waals surface area contributed by atoms with Crippen LogP contribution >= 0.6 is 0 Å². The molecule has 5 rings (SSSR count). The van der Waals surface area contributed by atoms with Crippen molar-refractivity contribution >= 4 is 35.1 Å². The molecule has 38 heavy (non-hydrogen) atoms. The average Bonchev–Trinajstić information content (AvgIpc) is 3.05. The Balaban J connectivity index is 1.41. The molecule has 9 heteroatoms. The van der Waals surface area contributed by atoms with Gasteiger partial charge >= 0.3 is 0 Å². The molecule has 1 fully saturated rings. The van der Waals surface area contributed by atoms with Gasteiger partial charge in [-0.25, -0.2) is 4.99 Å². The normalized spacial score (nSPS) is 17.6. The fourth-order valence-electron chi connectivity index (χ4n) is 5.28. The number of rotatable bonds is 8. The van der Waals surface area contributed by atoms with Crippen molar-refractivity contribution in [1.29, 1.82) is 0 Å². The maximum absolute atomic E-state index is 13.6. The van der Waals surface area contributed by atoms with Gasteiger partial charge in [-0.15, -0.1) is 0 Å². The number of nitrogens with one attached hydrogen (secondary N) is 2. The maximum Gasteiger partial charge on any atom is 0.250 e. The summed E-state index contributed by atoms with van der Waals surface area (Å²) in [5.41, 5.74) is 11.2. The zero-order valence-corrected chi connectivity index (χ0v) is 22.2. The Morgan fingerprint density at radius 3 is 2.68 bits per heavy atom. The fraction of sp³-hybridized carbons (Fsp3) is 0.448. The topological polar surface area (TPSA) is 122 Å². The SMILES string of the molecule is CCCN(CCC)C(=O)C1=Cc2ccc(C3(C(=O)Nc4cnc5c(c4)CNCC5)COC3)cc2N=C(N)C1. The highest BCUT2D eigenvalue weighted by molar-refractivity contribution is 6.06. The molecule has 0 bridgehead atoms. The lowest BCUT2D eigenvalue weighted by Gasteiger charge is -2.40. The number of amides is 2. The van der Waals surface area contributed by atoms with E-state index in [9.17, 15) is 9.59 Å².